The zero-order valence-electron chi connectivity index (χ0n) is 17.6. The fourth-order valence-corrected chi connectivity index (χ4v) is 4.85. The molecule has 0 atom stereocenters. The molecule has 162 valence electrons. The Bertz CT molecular complexity index is 1200. The number of anilines is 2. The number of aromatic nitrogens is 1. The van der Waals surface area contributed by atoms with Gasteiger partial charge in [-0.25, -0.2) is 4.98 Å². The second-order valence-electron chi connectivity index (χ2n) is 7.41. The highest BCUT2D eigenvalue weighted by Gasteiger charge is 2.08. The average molecular weight is 462 g/mol. The Morgan fingerprint density at radius 1 is 0.875 bits per heavy atom. The number of thioether (sulfide) groups is 1. The van der Waals surface area contributed by atoms with Crippen LogP contribution >= 0.6 is 23.1 Å². The number of benzene rings is 3. The molecule has 4 aromatic rings. The number of amides is 2. The maximum Gasteiger partial charge on any atom is 0.234 e. The minimum Gasteiger partial charge on any atom is -0.325 e. The van der Waals surface area contributed by atoms with E-state index in [1.54, 1.807) is 11.3 Å². The summed E-state index contributed by atoms with van der Waals surface area (Å²) in [5.74, 6) is 0.196. The minimum absolute atomic E-state index is 0.118. The summed E-state index contributed by atoms with van der Waals surface area (Å²) >= 11 is 2.99. The van der Waals surface area contributed by atoms with Crippen LogP contribution in [0.25, 0.3) is 10.2 Å². The van der Waals surface area contributed by atoms with Gasteiger partial charge in [-0.05, 0) is 54.4 Å². The average Bonchev–Trinajstić information content (AvgIpc) is 3.17. The van der Waals surface area contributed by atoms with Crippen molar-refractivity contribution in [1.29, 1.82) is 0 Å². The molecule has 2 amide bonds. The molecule has 0 fully saturated rings. The smallest absolute Gasteiger partial charge is 0.234 e. The Labute approximate surface area is 195 Å². The van der Waals surface area contributed by atoms with Gasteiger partial charge in [0.1, 0.15) is 0 Å². The van der Waals surface area contributed by atoms with Crippen LogP contribution in [0.15, 0.2) is 72.8 Å². The summed E-state index contributed by atoms with van der Waals surface area (Å²) < 4.78 is 1.19. The molecule has 0 radical (unpaired) electrons. The first-order valence-corrected chi connectivity index (χ1v) is 12.2. The molecule has 32 heavy (non-hydrogen) atoms. The van der Waals surface area contributed by atoms with Crippen molar-refractivity contribution >= 4 is 56.5 Å². The number of nitrogens with one attached hydrogen (secondary N) is 2. The molecule has 0 aliphatic carbocycles. The van der Waals surface area contributed by atoms with Gasteiger partial charge in [0.05, 0.1) is 26.7 Å². The van der Waals surface area contributed by atoms with Crippen molar-refractivity contribution in [2.75, 3.05) is 22.1 Å². The molecule has 4 rings (SSSR count). The number of nitrogens with zero attached hydrogens (tertiary/aromatic N) is 1. The summed E-state index contributed by atoms with van der Waals surface area (Å²) in [5.41, 5.74) is 4.77. The summed E-state index contributed by atoms with van der Waals surface area (Å²) in [6, 6.07) is 23.6. The first-order valence-electron chi connectivity index (χ1n) is 10.2. The van der Waals surface area contributed by atoms with Crippen LogP contribution in [0.2, 0.25) is 0 Å². The van der Waals surface area contributed by atoms with Crippen LogP contribution in [0.3, 0.4) is 0 Å². The highest BCUT2D eigenvalue weighted by Crippen LogP contribution is 2.24. The number of hydrogen-bond acceptors (Lipinski definition) is 5. The van der Waals surface area contributed by atoms with Gasteiger partial charge < -0.3 is 10.6 Å². The molecule has 2 N–H and O–H groups in total. The molecule has 1 heterocycles. The quantitative estimate of drug-likeness (QED) is 0.363. The lowest BCUT2D eigenvalue weighted by molar-refractivity contribution is -0.114. The molecule has 7 heteroatoms. The third-order valence-electron chi connectivity index (χ3n) is 4.70. The van der Waals surface area contributed by atoms with E-state index in [1.807, 2.05) is 73.7 Å². The molecule has 0 unspecified atom stereocenters. The number of thiazole rings is 1. The van der Waals surface area contributed by atoms with Crippen LogP contribution in [0, 0.1) is 6.92 Å². The predicted molar refractivity (Wildman–Crippen MR) is 135 cm³/mol. The fraction of sp³-hybridized carbons (Fsp3) is 0.160. The molecule has 0 aliphatic rings. The second kappa shape index (κ2) is 10.4. The lowest BCUT2D eigenvalue weighted by atomic mass is 10.1. The van der Waals surface area contributed by atoms with E-state index in [0.717, 1.165) is 39.4 Å². The summed E-state index contributed by atoms with van der Waals surface area (Å²) in [7, 11) is 0. The lowest BCUT2D eigenvalue weighted by Crippen LogP contribution is -2.18. The molecule has 0 bridgehead atoms. The first-order chi connectivity index (χ1) is 15.5. The number of aryl methyl sites for hydroxylation is 1. The molecule has 0 saturated heterocycles. The third-order valence-corrected chi connectivity index (χ3v) is 6.67. The van der Waals surface area contributed by atoms with E-state index in [0.29, 0.717) is 0 Å². The molecular formula is C25H23N3O2S2. The molecule has 5 nitrogen and oxygen atoms in total. The van der Waals surface area contributed by atoms with Gasteiger partial charge in [-0.3, -0.25) is 9.59 Å². The van der Waals surface area contributed by atoms with Crippen LogP contribution in [-0.2, 0) is 16.0 Å². The van der Waals surface area contributed by atoms with Crippen LogP contribution in [0.4, 0.5) is 11.4 Å². The number of para-hydroxylation sites is 1. The van der Waals surface area contributed by atoms with Crippen molar-refractivity contribution in [3.63, 3.8) is 0 Å². The van der Waals surface area contributed by atoms with E-state index in [1.165, 1.54) is 16.5 Å². The molecule has 0 spiro atoms. The van der Waals surface area contributed by atoms with Gasteiger partial charge in [-0.1, -0.05) is 36.4 Å². The second-order valence-corrected chi connectivity index (χ2v) is 9.51. The Morgan fingerprint density at radius 3 is 2.31 bits per heavy atom. The van der Waals surface area contributed by atoms with E-state index in [-0.39, 0.29) is 23.3 Å². The van der Waals surface area contributed by atoms with Crippen molar-refractivity contribution < 1.29 is 9.59 Å². The Hall–Kier alpha value is -3.16. The molecule has 0 aliphatic heterocycles. The largest absolute Gasteiger partial charge is 0.325 e. The van der Waals surface area contributed by atoms with Crippen molar-refractivity contribution in [2.24, 2.45) is 0 Å². The first kappa shape index (κ1) is 22.0. The normalized spacial score (nSPS) is 10.8. The summed E-state index contributed by atoms with van der Waals surface area (Å²) in [6.07, 6.45) is 0.763. The van der Waals surface area contributed by atoms with E-state index in [4.69, 9.17) is 0 Å². The predicted octanol–water partition coefficient (Wildman–Crippen LogP) is 5.51. The van der Waals surface area contributed by atoms with E-state index < -0.39 is 0 Å². The van der Waals surface area contributed by atoms with Crippen LogP contribution in [-0.4, -0.2) is 28.3 Å². The van der Waals surface area contributed by atoms with Gasteiger partial charge in [0.15, 0.2) is 0 Å². The topological polar surface area (TPSA) is 71.1 Å². The van der Waals surface area contributed by atoms with E-state index >= 15 is 0 Å². The van der Waals surface area contributed by atoms with Gasteiger partial charge >= 0.3 is 0 Å². The van der Waals surface area contributed by atoms with Crippen molar-refractivity contribution in [2.45, 2.75) is 13.3 Å². The van der Waals surface area contributed by atoms with Gasteiger partial charge in [-0.15, -0.1) is 23.1 Å². The lowest BCUT2D eigenvalue weighted by Gasteiger charge is -2.07. The minimum atomic E-state index is -0.128. The van der Waals surface area contributed by atoms with Crippen molar-refractivity contribution in [1.82, 2.24) is 4.98 Å². The standard InChI is InChI=1S/C25H23N3O2S2/c1-17-5-4-6-20(13-17)27-24(30)16-31-15-23(29)26-19-11-9-18(10-12-19)14-25-28-21-7-2-3-8-22(21)32-25/h2-13H,14-16H2,1H3,(H,26,29)(H,27,30). The fourth-order valence-electron chi connectivity index (χ4n) is 3.23. The van der Waals surface area contributed by atoms with Crippen LogP contribution in [0.5, 0.6) is 0 Å². The Balaban J connectivity index is 1.21. The maximum atomic E-state index is 12.2. The van der Waals surface area contributed by atoms with Crippen molar-refractivity contribution in [3.8, 4) is 0 Å². The van der Waals surface area contributed by atoms with Crippen LogP contribution < -0.4 is 10.6 Å². The zero-order valence-corrected chi connectivity index (χ0v) is 19.3. The molecule has 1 aromatic heterocycles. The Morgan fingerprint density at radius 2 is 1.59 bits per heavy atom. The Kier molecular flexibility index (Phi) is 7.19. The number of carbonyl (C=O) groups excluding carboxylic acids is 2. The molecular weight excluding hydrogens is 438 g/mol. The number of fused-ring (bicyclic) bond motifs is 1. The highest BCUT2D eigenvalue weighted by atomic mass is 32.2. The molecule has 3 aromatic carbocycles. The summed E-state index contributed by atoms with van der Waals surface area (Å²) in [6.45, 7) is 1.97. The van der Waals surface area contributed by atoms with E-state index in [9.17, 15) is 9.59 Å². The monoisotopic (exact) mass is 461 g/mol. The third kappa shape index (κ3) is 6.18. The van der Waals surface area contributed by atoms with Gasteiger partial charge in [0.25, 0.3) is 0 Å². The number of carbonyl (C=O) groups is 2. The maximum absolute atomic E-state index is 12.2. The summed E-state index contributed by atoms with van der Waals surface area (Å²) in [4.78, 5) is 28.9. The van der Waals surface area contributed by atoms with Crippen molar-refractivity contribution in [3.05, 3.63) is 88.9 Å². The summed E-state index contributed by atoms with van der Waals surface area (Å²) in [5, 5.41) is 6.80. The number of hydrogen-bond donors (Lipinski definition) is 2. The van der Waals surface area contributed by atoms with Crippen LogP contribution in [0.1, 0.15) is 16.1 Å². The number of rotatable bonds is 8. The zero-order chi connectivity index (χ0) is 22.3. The SMILES string of the molecule is Cc1cccc(NC(=O)CSCC(=O)Nc2ccc(Cc3nc4ccccc4s3)cc2)c1. The highest BCUT2D eigenvalue weighted by molar-refractivity contribution is 8.00. The van der Waals surface area contributed by atoms with Gasteiger partial charge in [-0.2, -0.15) is 0 Å². The van der Waals surface area contributed by atoms with E-state index in [2.05, 4.69) is 21.7 Å². The van der Waals surface area contributed by atoms with Gasteiger partial charge in [0, 0.05) is 17.8 Å². The molecule has 0 saturated carbocycles. The van der Waals surface area contributed by atoms with Gasteiger partial charge in [0.2, 0.25) is 11.8 Å².